The molecule has 2 heterocycles. The first-order valence-corrected chi connectivity index (χ1v) is 8.80. The molecule has 0 atom stereocenters. The zero-order valence-corrected chi connectivity index (χ0v) is 14.6. The fourth-order valence-corrected chi connectivity index (χ4v) is 3.42. The summed E-state index contributed by atoms with van der Waals surface area (Å²) in [5.41, 5.74) is 1.06. The van der Waals surface area contributed by atoms with Crippen molar-refractivity contribution in [3.8, 4) is 0 Å². The van der Waals surface area contributed by atoms with Gasteiger partial charge < -0.3 is 9.80 Å². The predicted octanol–water partition coefficient (Wildman–Crippen LogP) is 2.39. The van der Waals surface area contributed by atoms with Crippen LogP contribution in [0.3, 0.4) is 0 Å². The van der Waals surface area contributed by atoms with Gasteiger partial charge in [-0.25, -0.2) is 4.98 Å². The molecule has 0 N–H and O–H groups in total. The number of hydrogen-bond donors (Lipinski definition) is 0. The van der Waals surface area contributed by atoms with E-state index in [2.05, 4.69) is 52.0 Å². The van der Waals surface area contributed by atoms with Crippen LogP contribution in [0.15, 0.2) is 12.4 Å². The summed E-state index contributed by atoms with van der Waals surface area (Å²) in [6.07, 6.45) is 9.36. The molecule has 23 heavy (non-hydrogen) atoms. The van der Waals surface area contributed by atoms with Gasteiger partial charge in [0, 0.05) is 37.9 Å². The largest absolute Gasteiger partial charge is 0.358 e. The number of aryl methyl sites for hydroxylation is 1. The molecule has 0 aromatic carbocycles. The zero-order valence-electron chi connectivity index (χ0n) is 14.6. The zero-order chi connectivity index (χ0) is 16.2. The lowest BCUT2D eigenvalue weighted by atomic mass is 9.94. The third-order valence-electron chi connectivity index (χ3n) is 5.03. The van der Waals surface area contributed by atoms with Gasteiger partial charge in [0.05, 0.1) is 0 Å². The maximum atomic E-state index is 4.52. The van der Waals surface area contributed by atoms with Crippen molar-refractivity contribution in [2.75, 3.05) is 32.1 Å². The van der Waals surface area contributed by atoms with E-state index in [9.17, 15) is 0 Å². The van der Waals surface area contributed by atoms with Crippen LogP contribution in [0.4, 0.5) is 5.82 Å². The second kappa shape index (κ2) is 7.25. The summed E-state index contributed by atoms with van der Waals surface area (Å²) in [7, 11) is 4.39. The maximum absolute atomic E-state index is 4.52. The molecule has 2 aromatic heterocycles. The minimum Gasteiger partial charge on any atom is -0.358 e. The number of aromatic nitrogens is 4. The molecular weight excluding hydrogens is 288 g/mol. The van der Waals surface area contributed by atoms with Crippen molar-refractivity contribution in [2.45, 2.75) is 51.5 Å². The molecule has 126 valence electrons. The minimum absolute atomic E-state index is 0.687. The quantitative estimate of drug-likeness (QED) is 0.819. The smallest absolute Gasteiger partial charge is 0.254 e. The number of nitrogens with zero attached hydrogens (tertiary/aromatic N) is 6. The summed E-state index contributed by atoms with van der Waals surface area (Å²) in [6.45, 7) is 4.17. The first kappa shape index (κ1) is 16.2. The van der Waals surface area contributed by atoms with Crippen LogP contribution in [0.2, 0.25) is 0 Å². The minimum atomic E-state index is 0.687. The Bertz CT molecular complexity index is 631. The van der Waals surface area contributed by atoms with Crippen LogP contribution < -0.4 is 4.90 Å². The van der Waals surface area contributed by atoms with Crippen molar-refractivity contribution in [1.82, 2.24) is 24.5 Å². The number of likely N-dealkylation sites (N-methyl/N-ethyl adjacent to an activating group) is 2. The van der Waals surface area contributed by atoms with Crippen molar-refractivity contribution in [2.24, 2.45) is 0 Å². The average molecular weight is 316 g/mol. The SMILES string of the molecule is CCc1cc(N(C)CCN(C)C2CCCCC2)n2ncnc2n1. The van der Waals surface area contributed by atoms with Crippen LogP contribution in [0.1, 0.15) is 44.7 Å². The van der Waals surface area contributed by atoms with Gasteiger partial charge in [-0.15, -0.1) is 0 Å². The normalized spacial score (nSPS) is 16.3. The van der Waals surface area contributed by atoms with Gasteiger partial charge in [0.2, 0.25) is 0 Å². The second-order valence-electron chi connectivity index (χ2n) is 6.63. The van der Waals surface area contributed by atoms with Crippen LogP contribution in [0.5, 0.6) is 0 Å². The van der Waals surface area contributed by atoms with Crippen molar-refractivity contribution in [1.29, 1.82) is 0 Å². The number of rotatable bonds is 6. The molecule has 6 nitrogen and oxygen atoms in total. The summed E-state index contributed by atoms with van der Waals surface area (Å²) in [5, 5.41) is 4.32. The van der Waals surface area contributed by atoms with Crippen LogP contribution in [-0.4, -0.2) is 57.7 Å². The molecule has 0 amide bonds. The van der Waals surface area contributed by atoms with E-state index >= 15 is 0 Å². The highest BCUT2D eigenvalue weighted by atomic mass is 15.4. The van der Waals surface area contributed by atoms with E-state index in [1.807, 2.05) is 4.52 Å². The van der Waals surface area contributed by atoms with Gasteiger partial charge in [0.25, 0.3) is 5.78 Å². The van der Waals surface area contributed by atoms with Gasteiger partial charge in [-0.1, -0.05) is 26.2 Å². The van der Waals surface area contributed by atoms with E-state index in [-0.39, 0.29) is 0 Å². The summed E-state index contributed by atoms with van der Waals surface area (Å²) in [5.74, 6) is 1.76. The summed E-state index contributed by atoms with van der Waals surface area (Å²) >= 11 is 0. The molecule has 2 aromatic rings. The average Bonchev–Trinajstić information content (AvgIpc) is 3.07. The Balaban J connectivity index is 1.68. The molecule has 1 aliphatic carbocycles. The number of fused-ring (bicyclic) bond motifs is 1. The van der Waals surface area contributed by atoms with Crippen molar-refractivity contribution in [3.63, 3.8) is 0 Å². The van der Waals surface area contributed by atoms with E-state index in [0.29, 0.717) is 5.78 Å². The molecule has 0 spiro atoms. The van der Waals surface area contributed by atoms with E-state index in [1.54, 1.807) is 6.33 Å². The summed E-state index contributed by atoms with van der Waals surface area (Å²) in [6, 6.07) is 2.88. The third kappa shape index (κ3) is 3.63. The van der Waals surface area contributed by atoms with Crippen molar-refractivity contribution < 1.29 is 0 Å². The lowest BCUT2D eigenvalue weighted by molar-refractivity contribution is 0.196. The number of hydrogen-bond acceptors (Lipinski definition) is 5. The lowest BCUT2D eigenvalue weighted by Crippen LogP contribution is -2.39. The first-order valence-electron chi connectivity index (χ1n) is 8.80. The highest BCUT2D eigenvalue weighted by molar-refractivity contribution is 5.46. The molecule has 1 aliphatic rings. The van der Waals surface area contributed by atoms with E-state index in [4.69, 9.17) is 0 Å². The molecule has 1 saturated carbocycles. The highest BCUT2D eigenvalue weighted by Crippen LogP contribution is 2.22. The van der Waals surface area contributed by atoms with Crippen LogP contribution >= 0.6 is 0 Å². The van der Waals surface area contributed by atoms with Gasteiger partial charge in [-0.05, 0) is 26.3 Å². The fraction of sp³-hybridized carbons (Fsp3) is 0.706. The Morgan fingerprint density at radius 3 is 2.70 bits per heavy atom. The molecule has 0 radical (unpaired) electrons. The van der Waals surface area contributed by atoms with Crippen LogP contribution in [0.25, 0.3) is 5.78 Å². The van der Waals surface area contributed by atoms with Gasteiger partial charge >= 0.3 is 0 Å². The predicted molar refractivity (Wildman–Crippen MR) is 92.9 cm³/mol. The first-order chi connectivity index (χ1) is 11.2. The molecule has 0 saturated heterocycles. The second-order valence-corrected chi connectivity index (χ2v) is 6.63. The Kier molecular flexibility index (Phi) is 5.10. The van der Waals surface area contributed by atoms with E-state index < -0.39 is 0 Å². The van der Waals surface area contributed by atoms with E-state index in [0.717, 1.165) is 37.1 Å². The van der Waals surface area contributed by atoms with Crippen molar-refractivity contribution in [3.05, 3.63) is 18.1 Å². The molecule has 1 fully saturated rings. The van der Waals surface area contributed by atoms with Crippen molar-refractivity contribution >= 4 is 11.6 Å². The topological polar surface area (TPSA) is 49.6 Å². The molecule has 6 heteroatoms. The number of anilines is 1. The Labute approximate surface area is 138 Å². The van der Waals surface area contributed by atoms with E-state index in [1.165, 1.54) is 32.1 Å². The molecule has 3 rings (SSSR count). The van der Waals surface area contributed by atoms with Gasteiger partial charge in [0.15, 0.2) is 0 Å². The van der Waals surface area contributed by atoms with Crippen LogP contribution in [0, 0.1) is 0 Å². The van der Waals surface area contributed by atoms with Gasteiger partial charge in [-0.3, -0.25) is 0 Å². The maximum Gasteiger partial charge on any atom is 0.254 e. The molecule has 0 bridgehead atoms. The van der Waals surface area contributed by atoms with Gasteiger partial charge in [0.1, 0.15) is 12.1 Å². The standard InChI is InChI=1S/C17H28N6/c1-4-14-12-16(23-17(20-14)18-13-19-23)22(3)11-10-21(2)15-8-6-5-7-9-15/h12-13,15H,4-11H2,1-3H3. The lowest BCUT2D eigenvalue weighted by Gasteiger charge is -2.32. The Morgan fingerprint density at radius 1 is 1.17 bits per heavy atom. The molecule has 0 aliphatic heterocycles. The van der Waals surface area contributed by atoms with Gasteiger partial charge in [-0.2, -0.15) is 14.6 Å². The third-order valence-corrected chi connectivity index (χ3v) is 5.03. The highest BCUT2D eigenvalue weighted by Gasteiger charge is 2.18. The molecule has 0 unspecified atom stereocenters. The fourth-order valence-electron chi connectivity index (χ4n) is 3.42. The Morgan fingerprint density at radius 2 is 1.96 bits per heavy atom. The molecular formula is C17H28N6. The summed E-state index contributed by atoms with van der Waals surface area (Å²) < 4.78 is 1.83. The Hall–Kier alpha value is -1.69. The van der Waals surface area contributed by atoms with Crippen LogP contribution in [-0.2, 0) is 6.42 Å². The summed E-state index contributed by atoms with van der Waals surface area (Å²) in [4.78, 5) is 13.6. The monoisotopic (exact) mass is 316 g/mol.